The maximum Gasteiger partial charge on any atom is 0.260 e. The van der Waals surface area contributed by atoms with Crippen LogP contribution in [0.15, 0.2) is 64.5 Å². The molecule has 0 fully saturated rings. The van der Waals surface area contributed by atoms with E-state index in [4.69, 9.17) is 4.74 Å². The van der Waals surface area contributed by atoms with E-state index in [-0.39, 0.29) is 17.2 Å². The summed E-state index contributed by atoms with van der Waals surface area (Å²) in [6.07, 6.45) is 4.26. The van der Waals surface area contributed by atoms with Crippen LogP contribution >= 0.6 is 23.1 Å². The summed E-state index contributed by atoms with van der Waals surface area (Å²) in [6, 6.07) is 16.7. The van der Waals surface area contributed by atoms with Crippen molar-refractivity contribution in [2.24, 2.45) is 0 Å². The van der Waals surface area contributed by atoms with Crippen molar-refractivity contribution in [3.05, 3.63) is 75.4 Å². The van der Waals surface area contributed by atoms with Crippen LogP contribution in [-0.4, -0.2) is 21.6 Å². The number of aromatic nitrogens is 2. The minimum atomic E-state index is -0.167. The number of aryl methyl sites for hydroxylation is 2. The van der Waals surface area contributed by atoms with Gasteiger partial charge in [0.1, 0.15) is 16.3 Å². The molecule has 2 aromatic heterocycles. The van der Waals surface area contributed by atoms with E-state index >= 15 is 0 Å². The van der Waals surface area contributed by atoms with Crippen LogP contribution in [0.3, 0.4) is 0 Å². The number of thiophene rings is 1. The lowest BCUT2D eigenvalue weighted by Gasteiger charge is -2.09. The maximum atomic E-state index is 12.6. The van der Waals surface area contributed by atoms with E-state index in [9.17, 15) is 9.59 Å². The smallest absolute Gasteiger partial charge is 0.260 e. The molecule has 0 spiro atoms. The lowest BCUT2D eigenvalue weighted by atomic mass is 9.97. The van der Waals surface area contributed by atoms with Crippen LogP contribution in [0.1, 0.15) is 23.3 Å². The monoisotopic (exact) mass is 463 g/mol. The molecule has 2 aromatic carbocycles. The zero-order valence-corrected chi connectivity index (χ0v) is 18.9. The molecule has 0 bridgehead atoms. The van der Waals surface area contributed by atoms with Crippen LogP contribution in [-0.2, 0) is 17.6 Å². The topological polar surface area (TPSA) is 84.1 Å². The molecule has 2 heterocycles. The number of fused-ring (bicyclic) bond motifs is 3. The molecule has 6 nitrogen and oxygen atoms in total. The van der Waals surface area contributed by atoms with Gasteiger partial charge < -0.3 is 15.0 Å². The van der Waals surface area contributed by atoms with Crippen molar-refractivity contribution in [2.45, 2.75) is 30.8 Å². The van der Waals surface area contributed by atoms with Gasteiger partial charge in [-0.3, -0.25) is 9.59 Å². The standard InChI is InChI=1S/C24H21N3O3S2/c28-20(25-15-10-12-17(13-11-15)30-16-6-2-1-3-7-16)14-31-24-26-22(29)21-18-8-4-5-9-19(18)32-23(21)27-24/h1-3,6-7,10-13H,4-5,8-9,14H2,(H,25,28)(H,26,27,29). The SMILES string of the molecule is O=C(CSc1nc2sc3c(c2c(=O)[nH]1)CCCC3)Nc1ccc(Oc2ccccc2)cc1. The van der Waals surface area contributed by atoms with Crippen molar-refractivity contribution in [1.29, 1.82) is 0 Å². The Kier molecular flexibility index (Phi) is 5.96. The first-order valence-electron chi connectivity index (χ1n) is 10.5. The number of nitrogens with zero attached hydrogens (tertiary/aromatic N) is 1. The molecule has 162 valence electrons. The number of H-pyrrole nitrogens is 1. The minimum absolute atomic E-state index is 0.105. The summed E-state index contributed by atoms with van der Waals surface area (Å²) in [4.78, 5) is 34.5. The molecule has 5 rings (SSSR count). The molecular weight excluding hydrogens is 442 g/mol. The van der Waals surface area contributed by atoms with Gasteiger partial charge in [-0.25, -0.2) is 4.98 Å². The number of para-hydroxylation sites is 1. The largest absolute Gasteiger partial charge is 0.457 e. The molecule has 0 saturated heterocycles. The number of ether oxygens (including phenoxy) is 1. The highest BCUT2D eigenvalue weighted by atomic mass is 32.2. The van der Waals surface area contributed by atoms with Gasteiger partial charge in [0, 0.05) is 10.6 Å². The van der Waals surface area contributed by atoms with Gasteiger partial charge in [0.15, 0.2) is 5.16 Å². The fraction of sp³-hybridized carbons (Fsp3) is 0.208. The first-order valence-corrected chi connectivity index (χ1v) is 12.3. The van der Waals surface area contributed by atoms with E-state index in [1.54, 1.807) is 35.6 Å². The van der Waals surface area contributed by atoms with Gasteiger partial charge in [0.25, 0.3) is 5.56 Å². The number of carbonyl (C=O) groups is 1. The van der Waals surface area contributed by atoms with E-state index in [2.05, 4.69) is 15.3 Å². The third-order valence-corrected chi connectivity index (χ3v) is 7.32. The van der Waals surface area contributed by atoms with E-state index in [0.717, 1.165) is 35.2 Å². The highest BCUT2D eigenvalue weighted by Gasteiger charge is 2.20. The summed E-state index contributed by atoms with van der Waals surface area (Å²) >= 11 is 2.84. The lowest BCUT2D eigenvalue weighted by molar-refractivity contribution is -0.113. The first-order chi connectivity index (χ1) is 15.7. The highest BCUT2D eigenvalue weighted by Crippen LogP contribution is 2.34. The maximum absolute atomic E-state index is 12.6. The van der Waals surface area contributed by atoms with Crippen molar-refractivity contribution in [1.82, 2.24) is 9.97 Å². The second-order valence-electron chi connectivity index (χ2n) is 7.54. The second kappa shape index (κ2) is 9.18. The molecule has 0 unspecified atom stereocenters. The number of benzene rings is 2. The van der Waals surface area contributed by atoms with Gasteiger partial charge >= 0.3 is 0 Å². The molecule has 1 amide bonds. The molecule has 4 aromatic rings. The Morgan fingerprint density at radius 1 is 1.06 bits per heavy atom. The number of hydrogen-bond acceptors (Lipinski definition) is 6. The summed E-state index contributed by atoms with van der Waals surface area (Å²) in [5.41, 5.74) is 1.74. The van der Waals surface area contributed by atoms with E-state index in [0.29, 0.717) is 16.6 Å². The second-order valence-corrected chi connectivity index (χ2v) is 9.59. The molecule has 0 radical (unpaired) electrons. The molecule has 1 aliphatic carbocycles. The van der Waals surface area contributed by atoms with Crippen molar-refractivity contribution in [2.75, 3.05) is 11.1 Å². The van der Waals surface area contributed by atoms with Gasteiger partial charge in [0.05, 0.1) is 11.1 Å². The highest BCUT2D eigenvalue weighted by molar-refractivity contribution is 7.99. The summed E-state index contributed by atoms with van der Waals surface area (Å²) in [5.74, 6) is 1.44. The fourth-order valence-electron chi connectivity index (χ4n) is 3.77. The molecule has 0 atom stereocenters. The predicted octanol–water partition coefficient (Wildman–Crippen LogP) is 5.39. The summed E-state index contributed by atoms with van der Waals surface area (Å²) in [6.45, 7) is 0. The lowest BCUT2D eigenvalue weighted by Crippen LogP contribution is -2.15. The zero-order chi connectivity index (χ0) is 21.9. The Morgan fingerprint density at radius 3 is 2.62 bits per heavy atom. The van der Waals surface area contributed by atoms with Crippen LogP contribution in [0.25, 0.3) is 10.2 Å². The quantitative estimate of drug-likeness (QED) is 0.296. The number of rotatable bonds is 6. The summed E-state index contributed by atoms with van der Waals surface area (Å²) < 4.78 is 5.76. The first kappa shape index (κ1) is 20.8. The van der Waals surface area contributed by atoms with Crippen molar-refractivity contribution >= 4 is 44.9 Å². The third kappa shape index (κ3) is 4.56. The molecule has 8 heteroatoms. The van der Waals surface area contributed by atoms with Crippen molar-refractivity contribution < 1.29 is 9.53 Å². The van der Waals surface area contributed by atoms with Crippen molar-refractivity contribution in [3.63, 3.8) is 0 Å². The van der Waals surface area contributed by atoms with Crippen LogP contribution in [0, 0.1) is 0 Å². The Hall–Kier alpha value is -3.10. The van der Waals surface area contributed by atoms with Gasteiger partial charge in [-0.2, -0.15) is 0 Å². The minimum Gasteiger partial charge on any atom is -0.457 e. The summed E-state index contributed by atoms with van der Waals surface area (Å²) in [7, 11) is 0. The number of thioether (sulfide) groups is 1. The molecule has 0 saturated carbocycles. The van der Waals surface area contributed by atoms with Crippen molar-refractivity contribution in [3.8, 4) is 11.5 Å². The van der Waals surface area contributed by atoms with E-state index in [1.807, 2.05) is 30.3 Å². The van der Waals surface area contributed by atoms with Gasteiger partial charge in [-0.05, 0) is 67.6 Å². The molecule has 0 aliphatic heterocycles. The third-order valence-electron chi connectivity index (χ3n) is 5.26. The Labute approximate surface area is 193 Å². The number of nitrogens with one attached hydrogen (secondary N) is 2. The van der Waals surface area contributed by atoms with Crippen LogP contribution in [0.2, 0.25) is 0 Å². The predicted molar refractivity (Wildman–Crippen MR) is 129 cm³/mol. The number of anilines is 1. The average molecular weight is 464 g/mol. The molecule has 32 heavy (non-hydrogen) atoms. The summed E-state index contributed by atoms with van der Waals surface area (Å²) in [5, 5.41) is 4.07. The van der Waals surface area contributed by atoms with Gasteiger partial charge in [-0.1, -0.05) is 30.0 Å². The average Bonchev–Trinajstić information content (AvgIpc) is 3.19. The van der Waals surface area contributed by atoms with E-state index < -0.39 is 0 Å². The normalized spacial score (nSPS) is 13.0. The number of carbonyl (C=O) groups excluding carboxylic acids is 1. The molecule has 1 aliphatic rings. The number of amides is 1. The Balaban J connectivity index is 1.20. The molecule has 2 N–H and O–H groups in total. The Morgan fingerprint density at radius 2 is 1.81 bits per heavy atom. The zero-order valence-electron chi connectivity index (χ0n) is 17.2. The number of aromatic amines is 1. The Bertz CT molecular complexity index is 1310. The fourth-order valence-corrected chi connectivity index (χ4v) is 5.75. The molecular formula is C24H21N3O3S2. The van der Waals surface area contributed by atoms with Crippen LogP contribution in [0.5, 0.6) is 11.5 Å². The van der Waals surface area contributed by atoms with Crippen LogP contribution in [0.4, 0.5) is 5.69 Å². The van der Waals surface area contributed by atoms with Crippen LogP contribution < -0.4 is 15.6 Å². The van der Waals surface area contributed by atoms with E-state index in [1.165, 1.54) is 28.6 Å². The number of hydrogen-bond donors (Lipinski definition) is 2. The van der Waals surface area contributed by atoms with Gasteiger partial charge in [-0.15, -0.1) is 11.3 Å². The van der Waals surface area contributed by atoms with Gasteiger partial charge in [0.2, 0.25) is 5.91 Å².